The lowest BCUT2D eigenvalue weighted by molar-refractivity contribution is 0.245. The van der Waals surface area contributed by atoms with Crippen molar-refractivity contribution in [2.24, 2.45) is 0 Å². The van der Waals surface area contributed by atoms with Crippen LogP contribution in [-0.4, -0.2) is 22.8 Å². The highest BCUT2D eigenvalue weighted by atomic mass is 16.5. The largest absolute Gasteiger partial charge is 0.490 e. The third-order valence-electron chi connectivity index (χ3n) is 3.37. The van der Waals surface area contributed by atoms with Crippen molar-refractivity contribution >= 4 is 10.9 Å². The lowest BCUT2D eigenvalue weighted by atomic mass is 10.1. The zero-order valence-electron chi connectivity index (χ0n) is 13.9. The first-order valence-corrected chi connectivity index (χ1v) is 7.86. The molecule has 0 amide bonds. The van der Waals surface area contributed by atoms with Gasteiger partial charge in [-0.1, -0.05) is 6.07 Å². The molecular weight excluding hydrogens is 260 g/mol. The van der Waals surface area contributed by atoms with E-state index in [1.807, 2.05) is 6.07 Å². The second-order valence-corrected chi connectivity index (χ2v) is 6.90. The number of benzene rings is 1. The SMILES string of the molecule is CC(C)Oc1cccc2c1ccn2CCCNC(C)(C)C. The van der Waals surface area contributed by atoms with E-state index in [2.05, 4.69) is 68.9 Å². The quantitative estimate of drug-likeness (QED) is 0.806. The van der Waals surface area contributed by atoms with Gasteiger partial charge in [0.2, 0.25) is 0 Å². The normalized spacial score (nSPS) is 12.3. The number of aromatic nitrogens is 1. The lowest BCUT2D eigenvalue weighted by Crippen LogP contribution is -2.36. The second-order valence-electron chi connectivity index (χ2n) is 6.90. The van der Waals surface area contributed by atoms with Crippen molar-refractivity contribution in [2.75, 3.05) is 6.54 Å². The fourth-order valence-corrected chi connectivity index (χ4v) is 2.46. The molecule has 21 heavy (non-hydrogen) atoms. The number of fused-ring (bicyclic) bond motifs is 1. The van der Waals surface area contributed by atoms with Gasteiger partial charge in [-0.05, 0) is 65.8 Å². The van der Waals surface area contributed by atoms with E-state index < -0.39 is 0 Å². The van der Waals surface area contributed by atoms with Crippen LogP contribution in [0, 0.1) is 0 Å². The molecule has 0 atom stereocenters. The minimum Gasteiger partial charge on any atom is -0.490 e. The minimum absolute atomic E-state index is 0.191. The Labute approximate surface area is 128 Å². The molecule has 0 radical (unpaired) electrons. The number of hydrogen-bond donors (Lipinski definition) is 1. The molecule has 1 N–H and O–H groups in total. The van der Waals surface area contributed by atoms with E-state index in [-0.39, 0.29) is 11.6 Å². The molecule has 2 aromatic rings. The molecule has 0 bridgehead atoms. The van der Waals surface area contributed by atoms with Gasteiger partial charge in [0.25, 0.3) is 0 Å². The summed E-state index contributed by atoms with van der Waals surface area (Å²) in [6.07, 6.45) is 3.49. The third-order valence-corrected chi connectivity index (χ3v) is 3.37. The van der Waals surface area contributed by atoms with Gasteiger partial charge in [0, 0.05) is 23.7 Å². The first-order chi connectivity index (χ1) is 9.87. The van der Waals surface area contributed by atoms with Gasteiger partial charge < -0.3 is 14.6 Å². The van der Waals surface area contributed by atoms with Gasteiger partial charge >= 0.3 is 0 Å². The topological polar surface area (TPSA) is 26.2 Å². The number of nitrogens with one attached hydrogen (secondary N) is 1. The van der Waals surface area contributed by atoms with Crippen LogP contribution in [0.15, 0.2) is 30.5 Å². The van der Waals surface area contributed by atoms with Crippen LogP contribution in [0.5, 0.6) is 5.75 Å². The van der Waals surface area contributed by atoms with Gasteiger partial charge in [0.05, 0.1) is 11.6 Å². The van der Waals surface area contributed by atoms with Crippen molar-refractivity contribution in [1.82, 2.24) is 9.88 Å². The Morgan fingerprint density at radius 1 is 1.19 bits per heavy atom. The Morgan fingerprint density at radius 3 is 2.62 bits per heavy atom. The molecule has 1 aromatic carbocycles. The highest BCUT2D eigenvalue weighted by Crippen LogP contribution is 2.27. The van der Waals surface area contributed by atoms with E-state index in [0.717, 1.165) is 25.3 Å². The van der Waals surface area contributed by atoms with Crippen LogP contribution in [0.4, 0.5) is 0 Å². The zero-order valence-corrected chi connectivity index (χ0v) is 13.9. The molecule has 0 aliphatic heterocycles. The molecule has 0 saturated heterocycles. The van der Waals surface area contributed by atoms with E-state index in [0.29, 0.717) is 0 Å². The molecule has 1 heterocycles. The number of hydrogen-bond acceptors (Lipinski definition) is 2. The fourth-order valence-electron chi connectivity index (χ4n) is 2.46. The van der Waals surface area contributed by atoms with Crippen molar-refractivity contribution in [1.29, 1.82) is 0 Å². The molecule has 0 unspecified atom stereocenters. The van der Waals surface area contributed by atoms with Gasteiger partial charge in [-0.15, -0.1) is 0 Å². The van der Waals surface area contributed by atoms with Crippen molar-refractivity contribution < 1.29 is 4.74 Å². The van der Waals surface area contributed by atoms with Crippen molar-refractivity contribution in [3.05, 3.63) is 30.5 Å². The predicted octanol–water partition coefficient (Wildman–Crippen LogP) is 4.21. The van der Waals surface area contributed by atoms with Crippen LogP contribution in [-0.2, 0) is 6.54 Å². The second kappa shape index (κ2) is 6.52. The summed E-state index contributed by atoms with van der Waals surface area (Å²) in [6.45, 7) is 12.8. The van der Waals surface area contributed by atoms with E-state index in [1.165, 1.54) is 10.9 Å². The minimum atomic E-state index is 0.191. The molecule has 0 aliphatic carbocycles. The summed E-state index contributed by atoms with van der Waals surface area (Å²) < 4.78 is 8.20. The lowest BCUT2D eigenvalue weighted by Gasteiger charge is -2.20. The maximum Gasteiger partial charge on any atom is 0.129 e. The number of rotatable bonds is 6. The molecule has 1 aromatic heterocycles. The maximum atomic E-state index is 5.89. The standard InChI is InChI=1S/C18H28N2O/c1-14(2)21-17-9-6-8-16-15(17)10-13-20(16)12-7-11-19-18(3,4)5/h6,8-10,13-14,19H,7,11-12H2,1-5H3. The Hall–Kier alpha value is -1.48. The zero-order chi connectivity index (χ0) is 15.5. The van der Waals surface area contributed by atoms with E-state index in [9.17, 15) is 0 Å². The number of ether oxygens (including phenoxy) is 1. The highest BCUT2D eigenvalue weighted by Gasteiger charge is 2.09. The molecule has 116 valence electrons. The van der Waals surface area contributed by atoms with Crippen molar-refractivity contribution in [3.8, 4) is 5.75 Å². The average molecular weight is 288 g/mol. The molecule has 3 heteroatoms. The molecule has 0 spiro atoms. The molecule has 2 rings (SSSR count). The predicted molar refractivity (Wildman–Crippen MR) is 90.1 cm³/mol. The van der Waals surface area contributed by atoms with Gasteiger partial charge in [-0.2, -0.15) is 0 Å². The summed E-state index contributed by atoms with van der Waals surface area (Å²) in [6, 6.07) is 8.45. The van der Waals surface area contributed by atoms with Crippen molar-refractivity contribution in [2.45, 2.75) is 59.2 Å². The fraction of sp³-hybridized carbons (Fsp3) is 0.556. The van der Waals surface area contributed by atoms with Gasteiger partial charge in [-0.3, -0.25) is 0 Å². The van der Waals surface area contributed by atoms with Crippen LogP contribution >= 0.6 is 0 Å². The summed E-state index contributed by atoms with van der Waals surface area (Å²) in [5, 5.41) is 4.74. The summed E-state index contributed by atoms with van der Waals surface area (Å²) in [5.74, 6) is 0.981. The summed E-state index contributed by atoms with van der Waals surface area (Å²) in [5.41, 5.74) is 1.45. The summed E-state index contributed by atoms with van der Waals surface area (Å²) in [7, 11) is 0. The molecule has 0 saturated carbocycles. The molecule has 0 fully saturated rings. The first kappa shape index (κ1) is 15.9. The van der Waals surface area contributed by atoms with Crippen LogP contribution in [0.3, 0.4) is 0 Å². The molecule has 3 nitrogen and oxygen atoms in total. The maximum absolute atomic E-state index is 5.89. The van der Waals surface area contributed by atoms with E-state index >= 15 is 0 Å². The van der Waals surface area contributed by atoms with Gasteiger partial charge in [0.15, 0.2) is 0 Å². The Bertz CT molecular complexity index is 578. The number of aryl methyl sites for hydroxylation is 1. The van der Waals surface area contributed by atoms with Crippen LogP contribution < -0.4 is 10.1 Å². The Balaban J connectivity index is 2.05. The highest BCUT2D eigenvalue weighted by molar-refractivity contribution is 5.86. The first-order valence-electron chi connectivity index (χ1n) is 7.86. The van der Waals surface area contributed by atoms with E-state index in [4.69, 9.17) is 4.74 Å². The van der Waals surface area contributed by atoms with Gasteiger partial charge in [0.1, 0.15) is 5.75 Å². The van der Waals surface area contributed by atoms with Crippen LogP contribution in [0.25, 0.3) is 10.9 Å². The Morgan fingerprint density at radius 2 is 1.95 bits per heavy atom. The summed E-state index contributed by atoms with van der Waals surface area (Å²) >= 11 is 0. The van der Waals surface area contributed by atoms with Gasteiger partial charge in [-0.25, -0.2) is 0 Å². The molecule has 0 aliphatic rings. The van der Waals surface area contributed by atoms with Crippen LogP contribution in [0.2, 0.25) is 0 Å². The van der Waals surface area contributed by atoms with Crippen molar-refractivity contribution in [3.63, 3.8) is 0 Å². The third kappa shape index (κ3) is 4.50. The Kier molecular flexibility index (Phi) is 4.94. The average Bonchev–Trinajstić information content (AvgIpc) is 2.77. The smallest absolute Gasteiger partial charge is 0.129 e. The number of nitrogens with zero attached hydrogens (tertiary/aromatic N) is 1. The molecular formula is C18H28N2O. The monoisotopic (exact) mass is 288 g/mol. The van der Waals surface area contributed by atoms with E-state index in [1.54, 1.807) is 0 Å². The van der Waals surface area contributed by atoms with Crippen LogP contribution in [0.1, 0.15) is 41.0 Å². The summed E-state index contributed by atoms with van der Waals surface area (Å²) in [4.78, 5) is 0.